The van der Waals surface area contributed by atoms with Crippen molar-refractivity contribution in [1.29, 1.82) is 0 Å². The number of amides is 2. The summed E-state index contributed by atoms with van der Waals surface area (Å²) in [5.74, 6) is -14.3. The normalized spacial score (nSPS) is 15.6. The molecule has 12 nitrogen and oxygen atoms in total. The number of hydrogen-bond acceptors (Lipinski definition) is 10. The molecule has 0 aliphatic heterocycles. The average Bonchev–Trinajstić information content (AvgIpc) is 3.06. The Morgan fingerprint density at radius 1 is 0.723 bits per heavy atom. The van der Waals surface area contributed by atoms with E-state index in [1.165, 1.54) is 6.92 Å². The van der Waals surface area contributed by atoms with Crippen molar-refractivity contribution in [2.45, 2.75) is 58.4 Å². The van der Waals surface area contributed by atoms with Crippen LogP contribution in [0.1, 0.15) is 63.5 Å². The zero-order valence-electron chi connectivity index (χ0n) is 27.6. The van der Waals surface area contributed by atoms with Gasteiger partial charge in [-0.3, -0.25) is 14.4 Å². The van der Waals surface area contributed by atoms with Crippen LogP contribution in [-0.4, -0.2) is 62.5 Å². The van der Waals surface area contributed by atoms with E-state index >= 15 is 0 Å². The van der Waals surface area contributed by atoms with Crippen LogP contribution in [0.25, 0.3) is 0 Å². The van der Waals surface area contributed by atoms with Crippen LogP contribution in [0, 0.1) is 29.6 Å². The van der Waals surface area contributed by atoms with E-state index in [1.807, 2.05) is 0 Å². The molecule has 2 rings (SSSR count). The molecule has 2 amide bonds. The van der Waals surface area contributed by atoms with Gasteiger partial charge < -0.3 is 39.9 Å². The molecule has 2 N–H and O–H groups in total. The minimum atomic E-state index is -1.60. The van der Waals surface area contributed by atoms with E-state index in [-0.39, 0.29) is 0 Å². The van der Waals surface area contributed by atoms with Gasteiger partial charge in [0, 0.05) is 23.8 Å². The highest BCUT2D eigenvalue weighted by Crippen LogP contribution is 2.42. The van der Waals surface area contributed by atoms with Crippen molar-refractivity contribution in [2.24, 2.45) is 29.6 Å². The first-order valence-corrected chi connectivity index (χ1v) is 15.5. The topological polar surface area (TPSA) is 191 Å². The maximum atomic E-state index is 14.0. The van der Waals surface area contributed by atoms with Crippen molar-refractivity contribution >= 4 is 35.7 Å². The van der Waals surface area contributed by atoms with Gasteiger partial charge in [0.2, 0.25) is 11.8 Å². The minimum Gasteiger partial charge on any atom is -0.550 e. The highest BCUT2D eigenvalue weighted by Gasteiger charge is 2.43. The Hall–Kier alpha value is -4.74. The lowest BCUT2D eigenvalue weighted by Crippen LogP contribution is -2.52. The third-order valence-corrected chi connectivity index (χ3v) is 8.58. The second kappa shape index (κ2) is 18.4. The van der Waals surface area contributed by atoms with E-state index < -0.39 is 96.1 Å². The molecule has 7 unspecified atom stereocenters. The van der Waals surface area contributed by atoms with Crippen LogP contribution in [0.15, 0.2) is 60.7 Å². The number of esters is 2. The van der Waals surface area contributed by atoms with E-state index in [2.05, 4.69) is 15.4 Å². The van der Waals surface area contributed by atoms with E-state index in [1.54, 1.807) is 81.4 Å². The summed E-state index contributed by atoms with van der Waals surface area (Å²) in [6.07, 6.45) is -0.0963. The van der Waals surface area contributed by atoms with E-state index in [4.69, 9.17) is 4.74 Å². The highest BCUT2D eigenvalue weighted by molar-refractivity contribution is 5.90. The number of nitrogens with one attached hydrogen (secondary N) is 2. The maximum absolute atomic E-state index is 14.0. The van der Waals surface area contributed by atoms with Crippen molar-refractivity contribution in [3.8, 4) is 0 Å². The Balaban J connectivity index is 2.77. The number of benzene rings is 2. The SMILES string of the molecule is CCC(c1ccccc1)C(C(=O)NCC(=O)OC)C(CC(c1ccccc1)C(C(=O)NC(C(=O)OC)C(C)C)C(C)C(=O)[O-])C(=O)[O-]. The van der Waals surface area contributed by atoms with Gasteiger partial charge in [0.15, 0.2) is 0 Å². The molecule has 0 aliphatic carbocycles. The number of carbonyl (C=O) groups excluding carboxylic acids is 6. The molecule has 0 spiro atoms. The number of hydrogen-bond donors (Lipinski definition) is 2. The molecule has 47 heavy (non-hydrogen) atoms. The number of carboxylic acids is 2. The van der Waals surface area contributed by atoms with Gasteiger partial charge in [0.25, 0.3) is 0 Å². The molecule has 256 valence electrons. The summed E-state index contributed by atoms with van der Waals surface area (Å²) in [6, 6.07) is 15.9. The van der Waals surface area contributed by atoms with Crippen LogP contribution in [0.2, 0.25) is 0 Å². The summed E-state index contributed by atoms with van der Waals surface area (Å²) in [7, 11) is 2.30. The second-order valence-electron chi connectivity index (χ2n) is 11.8. The van der Waals surface area contributed by atoms with Crippen molar-refractivity contribution < 1.29 is 48.5 Å². The molecule has 0 saturated heterocycles. The molecule has 0 bridgehead atoms. The fraction of sp³-hybridized carbons (Fsp3) is 0.486. The summed E-state index contributed by atoms with van der Waals surface area (Å²) >= 11 is 0. The van der Waals surface area contributed by atoms with Crippen LogP contribution in [0.5, 0.6) is 0 Å². The number of rotatable bonds is 18. The lowest BCUT2D eigenvalue weighted by molar-refractivity contribution is -0.314. The lowest BCUT2D eigenvalue weighted by atomic mass is 9.68. The molecule has 2 aromatic carbocycles. The van der Waals surface area contributed by atoms with Crippen LogP contribution in [0.4, 0.5) is 0 Å². The van der Waals surface area contributed by atoms with Crippen LogP contribution in [-0.2, 0) is 38.2 Å². The highest BCUT2D eigenvalue weighted by atomic mass is 16.5. The van der Waals surface area contributed by atoms with Gasteiger partial charge in [-0.2, -0.15) is 0 Å². The Morgan fingerprint density at radius 3 is 1.68 bits per heavy atom. The van der Waals surface area contributed by atoms with Gasteiger partial charge in [-0.15, -0.1) is 0 Å². The van der Waals surface area contributed by atoms with Gasteiger partial charge in [-0.1, -0.05) is 88.4 Å². The Kier molecular flexibility index (Phi) is 15.1. The standard InChI is InChI=1S/C35H46N2O10/c1-7-24(22-14-10-8-11-15-22)29(31(39)36-19-27(38)46-5)26(34(43)44)18-25(23-16-12-9-13-17-23)28(21(4)33(41)42)32(40)37-30(20(2)3)35(45)47-6/h8-17,20-21,24-26,28-30H,7,18-19H2,1-6H3,(H,36,39)(H,37,40)(H,41,42)(H,43,44)/p-2. The molecule has 0 aliphatic rings. The quantitative estimate of drug-likeness (QED) is 0.219. The maximum Gasteiger partial charge on any atom is 0.328 e. The molecule has 0 heterocycles. The Labute approximate surface area is 275 Å². The summed E-state index contributed by atoms with van der Waals surface area (Å²) in [5, 5.41) is 30.5. The van der Waals surface area contributed by atoms with Crippen molar-refractivity contribution in [3.63, 3.8) is 0 Å². The smallest absolute Gasteiger partial charge is 0.328 e. The second-order valence-corrected chi connectivity index (χ2v) is 11.8. The summed E-state index contributed by atoms with van der Waals surface area (Å²) < 4.78 is 9.48. The number of methoxy groups -OCH3 is 2. The zero-order chi connectivity index (χ0) is 35.3. The van der Waals surface area contributed by atoms with Gasteiger partial charge in [-0.05, 0) is 41.7 Å². The Bertz CT molecular complexity index is 1360. The summed E-state index contributed by atoms with van der Waals surface area (Å²) in [5.41, 5.74) is 1.08. The first-order valence-electron chi connectivity index (χ1n) is 15.5. The third kappa shape index (κ3) is 10.4. The summed E-state index contributed by atoms with van der Waals surface area (Å²) in [6.45, 7) is 5.88. The molecular formula is C35H44N2O10-2. The first-order chi connectivity index (χ1) is 22.3. The number of carboxylic acid groups (broad SMARTS) is 2. The van der Waals surface area contributed by atoms with Crippen LogP contribution < -0.4 is 20.8 Å². The van der Waals surface area contributed by atoms with Crippen molar-refractivity contribution in [1.82, 2.24) is 10.6 Å². The number of aliphatic carboxylic acids is 2. The largest absolute Gasteiger partial charge is 0.550 e. The predicted molar refractivity (Wildman–Crippen MR) is 167 cm³/mol. The van der Waals surface area contributed by atoms with Gasteiger partial charge in [0.1, 0.15) is 12.6 Å². The predicted octanol–water partition coefficient (Wildman–Crippen LogP) is 0.942. The number of carbonyl (C=O) groups is 6. The monoisotopic (exact) mass is 652 g/mol. The molecular weight excluding hydrogens is 608 g/mol. The van der Waals surface area contributed by atoms with E-state index in [9.17, 15) is 39.0 Å². The fourth-order valence-electron chi connectivity index (χ4n) is 6.02. The van der Waals surface area contributed by atoms with Crippen molar-refractivity contribution in [3.05, 3.63) is 71.8 Å². The molecule has 12 heteroatoms. The summed E-state index contributed by atoms with van der Waals surface area (Å²) in [4.78, 5) is 77.7. The molecule has 7 atom stereocenters. The van der Waals surface area contributed by atoms with Gasteiger partial charge >= 0.3 is 11.9 Å². The van der Waals surface area contributed by atoms with E-state index in [0.717, 1.165) is 14.2 Å². The molecule has 2 aromatic rings. The average molecular weight is 653 g/mol. The molecule has 0 aromatic heterocycles. The van der Waals surface area contributed by atoms with Crippen LogP contribution >= 0.6 is 0 Å². The van der Waals surface area contributed by atoms with E-state index in [0.29, 0.717) is 17.5 Å². The fourth-order valence-corrected chi connectivity index (χ4v) is 6.02. The molecule has 0 radical (unpaired) electrons. The molecule has 0 saturated carbocycles. The first kappa shape index (κ1) is 38.4. The third-order valence-electron chi connectivity index (χ3n) is 8.58. The number of ether oxygens (including phenoxy) is 2. The van der Waals surface area contributed by atoms with Gasteiger partial charge in [0.05, 0.1) is 26.1 Å². The van der Waals surface area contributed by atoms with Gasteiger partial charge in [-0.25, -0.2) is 4.79 Å². The minimum absolute atomic E-state index is 0.314. The Morgan fingerprint density at radius 2 is 1.26 bits per heavy atom. The van der Waals surface area contributed by atoms with Crippen molar-refractivity contribution in [2.75, 3.05) is 20.8 Å². The lowest BCUT2D eigenvalue weighted by Gasteiger charge is -2.39. The zero-order valence-corrected chi connectivity index (χ0v) is 27.6. The molecule has 0 fully saturated rings. The van der Waals surface area contributed by atoms with Crippen LogP contribution in [0.3, 0.4) is 0 Å².